The summed E-state index contributed by atoms with van der Waals surface area (Å²) in [5, 5.41) is 10.7. The van der Waals surface area contributed by atoms with Crippen LogP contribution >= 0.6 is 0 Å². The van der Waals surface area contributed by atoms with Gasteiger partial charge in [0.25, 0.3) is 5.69 Å². The van der Waals surface area contributed by atoms with E-state index in [1.165, 1.54) is 12.1 Å². The summed E-state index contributed by atoms with van der Waals surface area (Å²) in [6.07, 6.45) is 0.688. The number of nitrogens with zero attached hydrogens (tertiary/aromatic N) is 2. The second-order valence-corrected chi connectivity index (χ2v) is 7.31. The Labute approximate surface area is 151 Å². The van der Waals surface area contributed by atoms with Gasteiger partial charge in [-0.25, -0.2) is 9.69 Å². The van der Waals surface area contributed by atoms with E-state index in [0.29, 0.717) is 19.1 Å². The molecule has 1 aliphatic rings. The molecule has 0 bridgehead atoms. The van der Waals surface area contributed by atoms with Crippen molar-refractivity contribution in [1.82, 2.24) is 4.90 Å². The van der Waals surface area contributed by atoms with Gasteiger partial charge < -0.3 is 9.53 Å². The van der Waals surface area contributed by atoms with E-state index in [-0.39, 0.29) is 12.1 Å². The molecule has 1 heterocycles. The van der Waals surface area contributed by atoms with Crippen molar-refractivity contribution in [2.45, 2.75) is 51.7 Å². The van der Waals surface area contributed by atoms with E-state index < -0.39 is 34.5 Å². The maximum Gasteiger partial charge on any atom is 0.417 e. The topological polar surface area (TPSA) is 107 Å². The number of likely N-dealkylation sites (tertiary alicyclic amines) is 1. The highest BCUT2D eigenvalue weighted by atomic mass is 16.6. The van der Waals surface area contributed by atoms with Crippen molar-refractivity contribution in [1.29, 1.82) is 0 Å². The van der Waals surface area contributed by atoms with Crippen LogP contribution in [0.4, 0.5) is 10.5 Å². The first kappa shape index (κ1) is 19.6. The van der Waals surface area contributed by atoms with Crippen LogP contribution in [0, 0.1) is 16.0 Å². The Hall–Kier alpha value is -2.77. The van der Waals surface area contributed by atoms with Crippen LogP contribution in [0.25, 0.3) is 0 Å². The number of nitro groups is 1. The van der Waals surface area contributed by atoms with E-state index >= 15 is 0 Å². The fourth-order valence-corrected chi connectivity index (χ4v) is 2.98. The smallest absolute Gasteiger partial charge is 0.417 e. The van der Waals surface area contributed by atoms with Crippen molar-refractivity contribution in [3.8, 4) is 0 Å². The highest BCUT2D eigenvalue weighted by molar-refractivity contribution is 5.96. The van der Waals surface area contributed by atoms with Crippen molar-refractivity contribution in [2.75, 3.05) is 0 Å². The zero-order valence-corrected chi connectivity index (χ0v) is 15.0. The molecular weight excluding hydrogens is 340 g/mol. The zero-order chi connectivity index (χ0) is 19.5. The number of rotatable bonds is 5. The quantitative estimate of drug-likeness (QED) is 0.453. The molecule has 2 amide bonds. The molecule has 8 heteroatoms. The van der Waals surface area contributed by atoms with Gasteiger partial charge in [-0.1, -0.05) is 12.1 Å². The van der Waals surface area contributed by atoms with Crippen LogP contribution in [0.15, 0.2) is 24.3 Å². The third-order valence-electron chi connectivity index (χ3n) is 4.10. The summed E-state index contributed by atoms with van der Waals surface area (Å²) in [4.78, 5) is 47.2. The second kappa shape index (κ2) is 7.63. The normalized spacial score (nSPS) is 20.1. The molecule has 0 aliphatic carbocycles. The van der Waals surface area contributed by atoms with Crippen molar-refractivity contribution in [2.24, 2.45) is 5.92 Å². The molecule has 1 aromatic carbocycles. The Morgan fingerprint density at radius 1 is 1.35 bits per heavy atom. The van der Waals surface area contributed by atoms with Gasteiger partial charge in [-0.2, -0.15) is 0 Å². The maximum absolute atomic E-state index is 12.5. The van der Waals surface area contributed by atoms with E-state index in [9.17, 15) is 24.5 Å². The van der Waals surface area contributed by atoms with Gasteiger partial charge in [0, 0.05) is 30.5 Å². The van der Waals surface area contributed by atoms with E-state index in [0.717, 1.165) is 10.5 Å². The number of hydrogen-bond acceptors (Lipinski definition) is 6. The van der Waals surface area contributed by atoms with Crippen LogP contribution in [0.2, 0.25) is 0 Å². The molecule has 2 atom stereocenters. The maximum atomic E-state index is 12.5. The number of nitro benzene ring substituents is 1. The number of carbonyl (C=O) groups is 3. The van der Waals surface area contributed by atoms with Crippen LogP contribution in [-0.4, -0.2) is 39.8 Å². The monoisotopic (exact) mass is 362 g/mol. The van der Waals surface area contributed by atoms with Gasteiger partial charge in [0.2, 0.25) is 5.91 Å². The minimum absolute atomic E-state index is 0.0286. The van der Waals surface area contributed by atoms with Gasteiger partial charge in [-0.05, 0) is 39.2 Å². The van der Waals surface area contributed by atoms with E-state index in [2.05, 4.69) is 0 Å². The Morgan fingerprint density at radius 2 is 1.96 bits per heavy atom. The molecule has 1 fully saturated rings. The van der Waals surface area contributed by atoms with Gasteiger partial charge in [-0.3, -0.25) is 14.9 Å². The lowest BCUT2D eigenvalue weighted by Gasteiger charge is -2.27. The molecule has 0 aromatic heterocycles. The summed E-state index contributed by atoms with van der Waals surface area (Å²) < 4.78 is 5.33. The average Bonchev–Trinajstić information content (AvgIpc) is 2.82. The van der Waals surface area contributed by atoms with Gasteiger partial charge in [0.15, 0.2) is 0 Å². The summed E-state index contributed by atoms with van der Waals surface area (Å²) in [6.45, 7) is 5.12. The minimum atomic E-state index is -0.752. The molecule has 1 aromatic rings. The molecule has 0 saturated carbocycles. The lowest BCUT2D eigenvalue weighted by Crippen LogP contribution is -2.43. The number of carbonyl (C=O) groups excluding carboxylic acids is 3. The minimum Gasteiger partial charge on any atom is -0.443 e. The Kier molecular flexibility index (Phi) is 5.74. The number of amides is 2. The third kappa shape index (κ3) is 4.65. The number of imide groups is 1. The van der Waals surface area contributed by atoms with E-state index in [1.54, 1.807) is 32.9 Å². The van der Waals surface area contributed by atoms with Crippen LogP contribution in [0.3, 0.4) is 0 Å². The third-order valence-corrected chi connectivity index (χ3v) is 4.10. The first-order valence-corrected chi connectivity index (χ1v) is 8.35. The summed E-state index contributed by atoms with van der Waals surface area (Å²) in [5.41, 5.74) is -0.0225. The number of benzene rings is 1. The van der Waals surface area contributed by atoms with Crippen molar-refractivity contribution in [3.05, 3.63) is 39.9 Å². The summed E-state index contributed by atoms with van der Waals surface area (Å²) >= 11 is 0. The first-order chi connectivity index (χ1) is 12.1. The zero-order valence-electron chi connectivity index (χ0n) is 15.0. The standard InChI is InChI=1S/C18H22N2O6/c1-18(2,3)26-17(23)19-15(11-13(8-9-21)16(19)22)10-12-4-6-14(7-5-12)20(24)25/h4-7,9,13,15H,8,10-11H2,1-3H3/t13-,15-/m0/s1. The molecule has 1 aliphatic heterocycles. The second-order valence-electron chi connectivity index (χ2n) is 7.31. The predicted molar refractivity (Wildman–Crippen MR) is 92.5 cm³/mol. The van der Waals surface area contributed by atoms with Crippen LogP contribution in [-0.2, 0) is 20.7 Å². The molecule has 0 radical (unpaired) electrons. The van der Waals surface area contributed by atoms with Crippen molar-refractivity contribution < 1.29 is 24.0 Å². The molecule has 26 heavy (non-hydrogen) atoms. The number of ether oxygens (including phenoxy) is 1. The fourth-order valence-electron chi connectivity index (χ4n) is 2.98. The summed E-state index contributed by atoms with van der Waals surface area (Å²) in [5.74, 6) is -0.971. The lowest BCUT2D eigenvalue weighted by atomic mass is 9.98. The van der Waals surface area contributed by atoms with Gasteiger partial charge in [0.05, 0.1) is 4.92 Å². The molecular formula is C18H22N2O6. The lowest BCUT2D eigenvalue weighted by molar-refractivity contribution is -0.384. The Bertz CT molecular complexity index is 707. The molecule has 140 valence electrons. The van der Waals surface area contributed by atoms with Crippen LogP contribution < -0.4 is 0 Å². The number of hydrogen-bond donors (Lipinski definition) is 0. The molecule has 0 unspecified atom stereocenters. The van der Waals surface area contributed by atoms with E-state index in [4.69, 9.17) is 4.74 Å². The molecule has 1 saturated heterocycles. The van der Waals surface area contributed by atoms with Gasteiger partial charge in [0.1, 0.15) is 11.9 Å². The van der Waals surface area contributed by atoms with Crippen molar-refractivity contribution >= 4 is 24.0 Å². The van der Waals surface area contributed by atoms with Gasteiger partial charge in [-0.15, -0.1) is 0 Å². The average molecular weight is 362 g/mol. The van der Waals surface area contributed by atoms with Crippen LogP contribution in [0.1, 0.15) is 39.2 Å². The predicted octanol–water partition coefficient (Wildman–Crippen LogP) is 2.88. The van der Waals surface area contributed by atoms with Gasteiger partial charge >= 0.3 is 6.09 Å². The number of non-ortho nitro benzene ring substituents is 1. The Balaban J connectivity index is 2.21. The fraction of sp³-hybridized carbons (Fsp3) is 0.500. The SMILES string of the molecule is CC(C)(C)OC(=O)N1C(=O)[C@@H](CC=O)C[C@@H]1Cc1ccc([N+](=O)[O-])cc1. The first-order valence-electron chi connectivity index (χ1n) is 8.35. The number of aldehydes is 1. The van der Waals surface area contributed by atoms with Crippen LogP contribution in [0.5, 0.6) is 0 Å². The molecule has 2 rings (SSSR count). The molecule has 0 spiro atoms. The Morgan fingerprint density at radius 3 is 2.46 bits per heavy atom. The molecule has 8 nitrogen and oxygen atoms in total. The van der Waals surface area contributed by atoms with Crippen molar-refractivity contribution in [3.63, 3.8) is 0 Å². The highest BCUT2D eigenvalue weighted by Gasteiger charge is 2.44. The summed E-state index contributed by atoms with van der Waals surface area (Å²) in [7, 11) is 0. The highest BCUT2D eigenvalue weighted by Crippen LogP contribution is 2.31. The largest absolute Gasteiger partial charge is 0.443 e. The summed E-state index contributed by atoms with van der Waals surface area (Å²) in [6, 6.07) is 5.51. The van der Waals surface area contributed by atoms with E-state index in [1.807, 2.05) is 0 Å². The molecule has 0 N–H and O–H groups in total.